The van der Waals surface area contributed by atoms with E-state index in [1.54, 1.807) is 0 Å². The minimum absolute atomic E-state index is 0.0199. The SMILES string of the molecule is CC(C)(C)OC(=O)CNCCOCCO. The van der Waals surface area contributed by atoms with Crippen LogP contribution in [0.4, 0.5) is 0 Å². The topological polar surface area (TPSA) is 67.8 Å². The molecule has 0 unspecified atom stereocenters. The van der Waals surface area contributed by atoms with Crippen molar-refractivity contribution in [2.24, 2.45) is 0 Å². The standard InChI is InChI=1S/C10H21NO4/c1-10(2,3)15-9(13)8-11-4-6-14-7-5-12/h11-12H,4-8H2,1-3H3. The Morgan fingerprint density at radius 1 is 1.33 bits per heavy atom. The Balaban J connectivity index is 3.32. The first-order valence-corrected chi connectivity index (χ1v) is 5.07. The molecule has 0 saturated carbocycles. The number of rotatable bonds is 7. The van der Waals surface area contributed by atoms with Crippen LogP contribution in [0.15, 0.2) is 0 Å². The first kappa shape index (κ1) is 14.3. The molecule has 0 rings (SSSR count). The number of aliphatic hydroxyl groups is 1. The summed E-state index contributed by atoms with van der Waals surface area (Å²) in [5.74, 6) is -0.273. The molecule has 2 N–H and O–H groups in total. The van der Waals surface area contributed by atoms with Gasteiger partial charge in [0.15, 0.2) is 0 Å². The molecule has 0 fully saturated rings. The fraction of sp³-hybridized carbons (Fsp3) is 0.900. The number of esters is 1. The molecular weight excluding hydrogens is 198 g/mol. The molecule has 0 aromatic rings. The maximum Gasteiger partial charge on any atom is 0.320 e. The van der Waals surface area contributed by atoms with E-state index in [0.717, 1.165) is 0 Å². The minimum atomic E-state index is -0.438. The highest BCUT2D eigenvalue weighted by Crippen LogP contribution is 2.05. The summed E-state index contributed by atoms with van der Waals surface area (Å²) < 4.78 is 10.1. The van der Waals surface area contributed by atoms with Gasteiger partial charge in [0.25, 0.3) is 0 Å². The second-order valence-corrected chi connectivity index (χ2v) is 4.10. The van der Waals surface area contributed by atoms with Gasteiger partial charge < -0.3 is 19.9 Å². The Morgan fingerprint density at radius 3 is 2.53 bits per heavy atom. The highest BCUT2D eigenvalue weighted by Gasteiger charge is 2.15. The molecule has 0 saturated heterocycles. The summed E-state index contributed by atoms with van der Waals surface area (Å²) in [6.45, 7) is 7.06. The molecule has 0 aliphatic carbocycles. The number of hydrogen-bond acceptors (Lipinski definition) is 5. The average Bonchev–Trinajstić information content (AvgIpc) is 2.08. The van der Waals surface area contributed by atoms with Crippen LogP contribution < -0.4 is 5.32 Å². The van der Waals surface area contributed by atoms with E-state index < -0.39 is 5.60 Å². The highest BCUT2D eigenvalue weighted by atomic mass is 16.6. The second-order valence-electron chi connectivity index (χ2n) is 4.10. The molecule has 0 aliphatic heterocycles. The van der Waals surface area contributed by atoms with Crippen LogP contribution in [0.25, 0.3) is 0 Å². The molecule has 0 aliphatic rings. The first-order valence-electron chi connectivity index (χ1n) is 5.07. The van der Waals surface area contributed by atoms with Crippen molar-refractivity contribution in [3.63, 3.8) is 0 Å². The zero-order chi connectivity index (χ0) is 11.7. The zero-order valence-electron chi connectivity index (χ0n) is 9.71. The predicted octanol–water partition coefficient (Wildman–Crippen LogP) is -0.0734. The van der Waals surface area contributed by atoms with Crippen molar-refractivity contribution in [2.75, 3.05) is 32.9 Å². The number of nitrogens with one attached hydrogen (secondary N) is 1. The van der Waals surface area contributed by atoms with Gasteiger partial charge in [-0.25, -0.2) is 0 Å². The fourth-order valence-corrected chi connectivity index (χ4v) is 0.879. The highest BCUT2D eigenvalue weighted by molar-refractivity contribution is 5.72. The Morgan fingerprint density at radius 2 is 2.00 bits per heavy atom. The van der Waals surface area contributed by atoms with Gasteiger partial charge in [-0.1, -0.05) is 0 Å². The maximum absolute atomic E-state index is 11.2. The van der Waals surface area contributed by atoms with E-state index in [1.807, 2.05) is 20.8 Å². The summed E-state index contributed by atoms with van der Waals surface area (Å²) in [4.78, 5) is 11.2. The van der Waals surface area contributed by atoms with E-state index in [1.165, 1.54) is 0 Å². The second kappa shape index (κ2) is 7.62. The lowest BCUT2D eigenvalue weighted by Gasteiger charge is -2.19. The van der Waals surface area contributed by atoms with E-state index in [0.29, 0.717) is 19.8 Å². The fourth-order valence-electron chi connectivity index (χ4n) is 0.879. The first-order chi connectivity index (χ1) is 6.95. The van der Waals surface area contributed by atoms with Gasteiger partial charge in [0.05, 0.1) is 26.4 Å². The molecule has 0 amide bonds. The van der Waals surface area contributed by atoms with E-state index >= 15 is 0 Å². The van der Waals surface area contributed by atoms with Crippen molar-refractivity contribution in [1.82, 2.24) is 5.32 Å². The summed E-state index contributed by atoms with van der Waals surface area (Å²) in [6, 6.07) is 0. The van der Waals surface area contributed by atoms with Gasteiger partial charge in [-0.2, -0.15) is 0 Å². The molecular formula is C10H21NO4. The molecule has 0 atom stereocenters. The molecule has 5 nitrogen and oxygen atoms in total. The molecule has 90 valence electrons. The van der Waals surface area contributed by atoms with Gasteiger partial charge in [-0.3, -0.25) is 4.79 Å². The number of ether oxygens (including phenoxy) is 2. The number of hydrogen-bond donors (Lipinski definition) is 2. The third kappa shape index (κ3) is 11.3. The lowest BCUT2D eigenvalue weighted by molar-refractivity contribution is -0.153. The predicted molar refractivity (Wildman–Crippen MR) is 56.6 cm³/mol. The average molecular weight is 219 g/mol. The molecule has 0 aromatic carbocycles. The summed E-state index contributed by atoms with van der Waals surface area (Å²) in [7, 11) is 0. The van der Waals surface area contributed by atoms with Gasteiger partial charge >= 0.3 is 5.97 Å². The molecule has 0 heterocycles. The third-order valence-corrected chi connectivity index (χ3v) is 1.35. The molecule has 0 radical (unpaired) electrons. The van der Waals surface area contributed by atoms with Gasteiger partial charge in [0.1, 0.15) is 5.60 Å². The molecule has 0 bridgehead atoms. The summed E-state index contributed by atoms with van der Waals surface area (Å²) in [5, 5.41) is 11.3. The monoisotopic (exact) mass is 219 g/mol. The van der Waals surface area contributed by atoms with Gasteiger partial charge in [-0.15, -0.1) is 0 Å². The van der Waals surface area contributed by atoms with Gasteiger partial charge in [0, 0.05) is 6.54 Å². The number of carbonyl (C=O) groups is 1. The lowest BCUT2D eigenvalue weighted by Crippen LogP contribution is -2.33. The van der Waals surface area contributed by atoms with Crippen LogP contribution in [0, 0.1) is 0 Å². The molecule has 0 spiro atoms. The van der Waals surface area contributed by atoms with Crippen molar-refractivity contribution in [3.8, 4) is 0 Å². The van der Waals surface area contributed by atoms with E-state index in [4.69, 9.17) is 14.6 Å². The summed E-state index contributed by atoms with van der Waals surface area (Å²) >= 11 is 0. The van der Waals surface area contributed by atoms with E-state index in [-0.39, 0.29) is 19.1 Å². The van der Waals surface area contributed by atoms with Crippen LogP contribution >= 0.6 is 0 Å². The molecule has 5 heteroatoms. The van der Waals surface area contributed by atoms with Crippen LogP contribution in [0.5, 0.6) is 0 Å². The van der Waals surface area contributed by atoms with Crippen molar-refractivity contribution >= 4 is 5.97 Å². The molecule has 15 heavy (non-hydrogen) atoms. The van der Waals surface area contributed by atoms with Crippen molar-refractivity contribution in [2.45, 2.75) is 26.4 Å². The summed E-state index contributed by atoms with van der Waals surface area (Å²) in [5.41, 5.74) is -0.438. The van der Waals surface area contributed by atoms with E-state index in [9.17, 15) is 4.79 Å². The smallest absolute Gasteiger partial charge is 0.320 e. The Hall–Kier alpha value is -0.650. The van der Waals surface area contributed by atoms with Crippen LogP contribution in [-0.2, 0) is 14.3 Å². The van der Waals surface area contributed by atoms with Gasteiger partial charge in [0.2, 0.25) is 0 Å². The van der Waals surface area contributed by atoms with Crippen LogP contribution in [0.3, 0.4) is 0 Å². The van der Waals surface area contributed by atoms with Crippen LogP contribution in [0.2, 0.25) is 0 Å². The minimum Gasteiger partial charge on any atom is -0.459 e. The summed E-state index contributed by atoms with van der Waals surface area (Å²) in [6.07, 6.45) is 0. The van der Waals surface area contributed by atoms with Crippen LogP contribution in [-0.4, -0.2) is 49.6 Å². The van der Waals surface area contributed by atoms with Crippen molar-refractivity contribution < 1.29 is 19.4 Å². The van der Waals surface area contributed by atoms with Crippen molar-refractivity contribution in [1.29, 1.82) is 0 Å². The Labute approximate surface area is 90.8 Å². The third-order valence-electron chi connectivity index (χ3n) is 1.35. The van der Waals surface area contributed by atoms with E-state index in [2.05, 4.69) is 5.32 Å². The number of aliphatic hydroxyl groups excluding tert-OH is 1. The number of carbonyl (C=O) groups excluding carboxylic acids is 1. The quantitative estimate of drug-likeness (QED) is 0.463. The van der Waals surface area contributed by atoms with Crippen LogP contribution in [0.1, 0.15) is 20.8 Å². The normalized spacial score (nSPS) is 11.5. The largest absolute Gasteiger partial charge is 0.459 e. The van der Waals surface area contributed by atoms with Crippen molar-refractivity contribution in [3.05, 3.63) is 0 Å². The Kier molecular flexibility index (Phi) is 7.29. The Bertz CT molecular complexity index is 177. The zero-order valence-corrected chi connectivity index (χ0v) is 9.71. The maximum atomic E-state index is 11.2. The molecule has 0 aromatic heterocycles. The lowest BCUT2D eigenvalue weighted by atomic mass is 10.2. The van der Waals surface area contributed by atoms with Gasteiger partial charge in [-0.05, 0) is 20.8 Å².